The first-order valence-electron chi connectivity index (χ1n) is 10.2. The summed E-state index contributed by atoms with van der Waals surface area (Å²) < 4.78 is 44.9. The lowest BCUT2D eigenvalue weighted by Gasteiger charge is -2.21. The molecule has 4 rings (SSSR count). The van der Waals surface area contributed by atoms with Crippen LogP contribution in [0.1, 0.15) is 25.7 Å². The maximum atomic E-state index is 13.4. The molecule has 31 heavy (non-hydrogen) atoms. The van der Waals surface area contributed by atoms with Gasteiger partial charge in [0.15, 0.2) is 0 Å². The molecule has 0 N–H and O–H groups in total. The largest absolute Gasteiger partial charge is 0.496 e. The molecular formula is C22H25N3O5S. The molecule has 0 amide bonds. The molecule has 2 aromatic carbocycles. The molecule has 0 unspecified atom stereocenters. The van der Waals surface area contributed by atoms with Gasteiger partial charge in [-0.25, -0.2) is 8.42 Å². The Labute approximate surface area is 181 Å². The molecule has 0 saturated carbocycles. The van der Waals surface area contributed by atoms with Crippen LogP contribution in [0.4, 0.5) is 0 Å². The normalized spacial score (nSPS) is 15.4. The number of benzene rings is 2. The van der Waals surface area contributed by atoms with E-state index in [1.807, 2.05) is 18.2 Å². The minimum absolute atomic E-state index is 0.103. The lowest BCUT2D eigenvalue weighted by Crippen LogP contribution is -2.32. The van der Waals surface area contributed by atoms with Crippen LogP contribution in [0.5, 0.6) is 11.5 Å². The highest BCUT2D eigenvalue weighted by molar-refractivity contribution is 7.89. The van der Waals surface area contributed by atoms with Crippen LogP contribution in [0, 0.1) is 0 Å². The van der Waals surface area contributed by atoms with E-state index in [0.29, 0.717) is 35.9 Å². The van der Waals surface area contributed by atoms with Gasteiger partial charge in [-0.1, -0.05) is 25.0 Å². The van der Waals surface area contributed by atoms with E-state index < -0.39 is 10.0 Å². The maximum absolute atomic E-state index is 13.4. The molecule has 1 aliphatic heterocycles. The Kier molecular flexibility index (Phi) is 6.24. The van der Waals surface area contributed by atoms with Crippen LogP contribution < -0.4 is 9.47 Å². The summed E-state index contributed by atoms with van der Waals surface area (Å²) in [6.07, 6.45) is 3.79. The van der Waals surface area contributed by atoms with Crippen molar-refractivity contribution in [2.45, 2.75) is 30.6 Å². The van der Waals surface area contributed by atoms with Crippen LogP contribution in [0.15, 0.2) is 51.8 Å². The zero-order chi connectivity index (χ0) is 21.8. The summed E-state index contributed by atoms with van der Waals surface area (Å²) in [6, 6.07) is 12.2. The van der Waals surface area contributed by atoms with Gasteiger partial charge < -0.3 is 13.9 Å². The summed E-state index contributed by atoms with van der Waals surface area (Å²) in [5.41, 5.74) is 1.16. The average molecular weight is 444 g/mol. The SMILES string of the molecule is COc1ccccc1-c1nnc(-c2ccc(OC)c(S(=O)(=O)N3CCCCCC3)c2)o1. The number of nitrogens with zero attached hydrogens (tertiary/aromatic N) is 3. The molecule has 9 heteroatoms. The van der Waals surface area contributed by atoms with E-state index in [1.54, 1.807) is 31.4 Å². The Morgan fingerprint density at radius 1 is 0.871 bits per heavy atom. The third kappa shape index (κ3) is 4.28. The lowest BCUT2D eigenvalue weighted by atomic mass is 10.2. The quantitative estimate of drug-likeness (QED) is 0.568. The second-order valence-corrected chi connectivity index (χ2v) is 9.20. The van der Waals surface area contributed by atoms with Crippen molar-refractivity contribution in [3.05, 3.63) is 42.5 Å². The number of methoxy groups -OCH3 is 2. The average Bonchev–Trinajstić information content (AvgIpc) is 3.12. The van der Waals surface area contributed by atoms with E-state index in [1.165, 1.54) is 11.4 Å². The number of rotatable bonds is 6. The topological polar surface area (TPSA) is 94.8 Å². The fourth-order valence-electron chi connectivity index (χ4n) is 3.70. The highest BCUT2D eigenvalue weighted by Crippen LogP contribution is 2.34. The maximum Gasteiger partial charge on any atom is 0.251 e. The zero-order valence-electron chi connectivity index (χ0n) is 17.6. The van der Waals surface area contributed by atoms with E-state index in [2.05, 4.69) is 10.2 Å². The molecule has 0 aliphatic carbocycles. The van der Waals surface area contributed by atoms with Crippen LogP contribution in [-0.2, 0) is 10.0 Å². The molecule has 1 aromatic heterocycles. The van der Waals surface area contributed by atoms with Crippen molar-refractivity contribution in [1.82, 2.24) is 14.5 Å². The first-order valence-corrected chi connectivity index (χ1v) is 11.6. The van der Waals surface area contributed by atoms with Gasteiger partial charge in [0.25, 0.3) is 5.89 Å². The van der Waals surface area contributed by atoms with Crippen molar-refractivity contribution in [2.75, 3.05) is 27.3 Å². The number of hydrogen-bond donors (Lipinski definition) is 0. The first-order chi connectivity index (χ1) is 15.0. The van der Waals surface area contributed by atoms with Gasteiger partial charge in [0.2, 0.25) is 15.9 Å². The van der Waals surface area contributed by atoms with Crippen molar-refractivity contribution < 1.29 is 22.3 Å². The molecular weight excluding hydrogens is 418 g/mol. The first kappa shape index (κ1) is 21.3. The summed E-state index contributed by atoms with van der Waals surface area (Å²) in [7, 11) is -0.686. The van der Waals surface area contributed by atoms with E-state index in [4.69, 9.17) is 13.9 Å². The number of para-hydroxylation sites is 1. The van der Waals surface area contributed by atoms with Gasteiger partial charge in [-0.2, -0.15) is 4.31 Å². The Bertz CT molecular complexity index is 1150. The molecule has 2 heterocycles. The molecule has 1 aliphatic rings. The molecule has 0 spiro atoms. The number of hydrogen-bond acceptors (Lipinski definition) is 7. The predicted octanol–water partition coefficient (Wildman–Crippen LogP) is 3.99. The van der Waals surface area contributed by atoms with Gasteiger partial charge in [-0.3, -0.25) is 0 Å². The van der Waals surface area contributed by atoms with Crippen molar-refractivity contribution in [1.29, 1.82) is 0 Å². The summed E-state index contributed by atoms with van der Waals surface area (Å²) in [5.74, 6) is 1.41. The van der Waals surface area contributed by atoms with Gasteiger partial charge in [0.05, 0.1) is 19.8 Å². The van der Waals surface area contributed by atoms with E-state index in [9.17, 15) is 8.42 Å². The molecule has 1 saturated heterocycles. The van der Waals surface area contributed by atoms with Crippen LogP contribution in [0.25, 0.3) is 22.9 Å². The molecule has 0 atom stereocenters. The predicted molar refractivity (Wildman–Crippen MR) is 116 cm³/mol. The summed E-state index contributed by atoms with van der Waals surface area (Å²) in [6.45, 7) is 1.02. The highest BCUT2D eigenvalue weighted by Gasteiger charge is 2.29. The van der Waals surface area contributed by atoms with E-state index in [0.717, 1.165) is 25.7 Å². The molecule has 8 nitrogen and oxygen atoms in total. The van der Waals surface area contributed by atoms with Crippen molar-refractivity contribution in [3.8, 4) is 34.4 Å². The second kappa shape index (κ2) is 9.07. The second-order valence-electron chi connectivity index (χ2n) is 7.30. The monoisotopic (exact) mass is 443 g/mol. The molecule has 0 radical (unpaired) electrons. The van der Waals surface area contributed by atoms with Crippen LogP contribution >= 0.6 is 0 Å². The van der Waals surface area contributed by atoms with Gasteiger partial charge in [0.1, 0.15) is 16.4 Å². The third-order valence-electron chi connectivity index (χ3n) is 5.36. The van der Waals surface area contributed by atoms with Gasteiger partial charge in [-0.05, 0) is 43.2 Å². The Balaban J connectivity index is 1.72. The van der Waals surface area contributed by atoms with E-state index in [-0.39, 0.29) is 16.5 Å². The smallest absolute Gasteiger partial charge is 0.251 e. The van der Waals surface area contributed by atoms with Gasteiger partial charge in [-0.15, -0.1) is 10.2 Å². The van der Waals surface area contributed by atoms with Crippen molar-refractivity contribution in [2.24, 2.45) is 0 Å². The van der Waals surface area contributed by atoms with Gasteiger partial charge in [0, 0.05) is 18.7 Å². The Morgan fingerprint density at radius 2 is 1.55 bits per heavy atom. The fraction of sp³-hybridized carbons (Fsp3) is 0.364. The number of aromatic nitrogens is 2. The zero-order valence-corrected chi connectivity index (χ0v) is 18.4. The van der Waals surface area contributed by atoms with Crippen LogP contribution in [-0.4, -0.2) is 50.2 Å². The Morgan fingerprint density at radius 3 is 2.26 bits per heavy atom. The number of sulfonamides is 1. The van der Waals surface area contributed by atoms with Crippen molar-refractivity contribution >= 4 is 10.0 Å². The fourth-order valence-corrected chi connectivity index (χ4v) is 5.40. The minimum atomic E-state index is -3.72. The Hall–Kier alpha value is -2.91. The van der Waals surface area contributed by atoms with E-state index >= 15 is 0 Å². The number of ether oxygens (including phenoxy) is 2. The van der Waals surface area contributed by atoms with Crippen LogP contribution in [0.3, 0.4) is 0 Å². The lowest BCUT2D eigenvalue weighted by molar-refractivity contribution is 0.391. The summed E-state index contributed by atoms with van der Waals surface area (Å²) in [4.78, 5) is 0.103. The molecule has 1 fully saturated rings. The summed E-state index contributed by atoms with van der Waals surface area (Å²) in [5, 5.41) is 8.24. The minimum Gasteiger partial charge on any atom is -0.496 e. The molecule has 3 aromatic rings. The van der Waals surface area contributed by atoms with Gasteiger partial charge >= 0.3 is 0 Å². The highest BCUT2D eigenvalue weighted by atomic mass is 32.2. The molecule has 0 bridgehead atoms. The third-order valence-corrected chi connectivity index (χ3v) is 7.28. The summed E-state index contributed by atoms with van der Waals surface area (Å²) >= 11 is 0. The van der Waals surface area contributed by atoms with Crippen molar-refractivity contribution in [3.63, 3.8) is 0 Å². The molecule has 164 valence electrons. The standard InChI is InChI=1S/C22H25N3O5S/c1-28-18-10-6-5-9-17(18)22-24-23-21(30-22)16-11-12-19(29-2)20(15-16)31(26,27)25-13-7-3-4-8-14-25/h5-6,9-12,15H,3-4,7-8,13-14H2,1-2H3. The van der Waals surface area contributed by atoms with Crippen LogP contribution in [0.2, 0.25) is 0 Å².